The Morgan fingerprint density at radius 2 is 2.14 bits per heavy atom. The monoisotopic (exact) mass is 197 g/mol. The van der Waals surface area contributed by atoms with Gasteiger partial charge < -0.3 is 10.8 Å². The van der Waals surface area contributed by atoms with Crippen molar-refractivity contribution in [2.24, 2.45) is 11.7 Å². The molecule has 0 saturated heterocycles. The van der Waals surface area contributed by atoms with Crippen molar-refractivity contribution in [1.29, 1.82) is 0 Å². The summed E-state index contributed by atoms with van der Waals surface area (Å²) >= 11 is 0. The maximum Gasteiger partial charge on any atom is 0.126 e. The summed E-state index contributed by atoms with van der Waals surface area (Å²) in [6.45, 7) is 3.56. The van der Waals surface area contributed by atoms with Crippen molar-refractivity contribution in [3.8, 4) is 0 Å². The van der Waals surface area contributed by atoms with E-state index in [9.17, 15) is 4.39 Å². The van der Waals surface area contributed by atoms with E-state index >= 15 is 0 Å². The lowest BCUT2D eigenvalue weighted by atomic mass is 9.92. The van der Waals surface area contributed by atoms with Gasteiger partial charge in [0.1, 0.15) is 5.82 Å². The van der Waals surface area contributed by atoms with E-state index in [4.69, 9.17) is 10.8 Å². The second-order valence-electron chi connectivity index (χ2n) is 3.64. The van der Waals surface area contributed by atoms with Gasteiger partial charge in [0.05, 0.1) is 0 Å². The highest BCUT2D eigenvalue weighted by Crippen LogP contribution is 2.23. The van der Waals surface area contributed by atoms with Crippen molar-refractivity contribution >= 4 is 0 Å². The molecule has 0 amide bonds. The van der Waals surface area contributed by atoms with Gasteiger partial charge >= 0.3 is 0 Å². The van der Waals surface area contributed by atoms with Gasteiger partial charge in [-0.3, -0.25) is 0 Å². The maximum absolute atomic E-state index is 13.2. The molecule has 0 fully saturated rings. The largest absolute Gasteiger partial charge is 0.396 e. The third kappa shape index (κ3) is 2.11. The van der Waals surface area contributed by atoms with Gasteiger partial charge in [0, 0.05) is 12.6 Å². The maximum atomic E-state index is 13.2. The molecule has 0 aliphatic rings. The predicted molar refractivity (Wildman–Crippen MR) is 54.3 cm³/mol. The second-order valence-corrected chi connectivity index (χ2v) is 3.64. The first-order valence-electron chi connectivity index (χ1n) is 4.69. The molecule has 0 heterocycles. The number of benzene rings is 1. The van der Waals surface area contributed by atoms with Crippen LogP contribution in [0.1, 0.15) is 24.1 Å². The molecule has 1 aromatic rings. The number of rotatable bonds is 3. The topological polar surface area (TPSA) is 46.2 Å². The van der Waals surface area contributed by atoms with Crippen LogP contribution in [0.15, 0.2) is 18.2 Å². The highest BCUT2D eigenvalue weighted by atomic mass is 19.1. The molecule has 0 aromatic heterocycles. The van der Waals surface area contributed by atoms with Crippen LogP contribution in [0.25, 0.3) is 0 Å². The van der Waals surface area contributed by atoms with E-state index in [0.717, 1.165) is 5.56 Å². The minimum Gasteiger partial charge on any atom is -0.396 e. The van der Waals surface area contributed by atoms with Crippen molar-refractivity contribution in [2.75, 3.05) is 6.61 Å². The summed E-state index contributed by atoms with van der Waals surface area (Å²) < 4.78 is 13.2. The molecule has 1 unspecified atom stereocenters. The second kappa shape index (κ2) is 4.53. The quantitative estimate of drug-likeness (QED) is 0.775. The Kier molecular flexibility index (Phi) is 3.61. The Bertz CT molecular complexity index is 314. The van der Waals surface area contributed by atoms with Crippen LogP contribution in [0, 0.1) is 18.7 Å². The smallest absolute Gasteiger partial charge is 0.126 e. The lowest BCUT2D eigenvalue weighted by Crippen LogP contribution is -2.22. The Morgan fingerprint density at radius 3 is 2.71 bits per heavy atom. The van der Waals surface area contributed by atoms with E-state index in [1.54, 1.807) is 19.1 Å². The Balaban J connectivity index is 3.01. The number of halogens is 1. The minimum absolute atomic E-state index is 0.0110. The number of aliphatic hydroxyl groups is 1. The Morgan fingerprint density at radius 1 is 1.50 bits per heavy atom. The molecule has 0 spiro atoms. The summed E-state index contributed by atoms with van der Waals surface area (Å²) in [7, 11) is 0. The lowest BCUT2D eigenvalue weighted by molar-refractivity contribution is 0.217. The number of aliphatic hydroxyl groups excluding tert-OH is 1. The molecule has 0 bridgehead atoms. The molecule has 14 heavy (non-hydrogen) atoms. The van der Waals surface area contributed by atoms with Crippen molar-refractivity contribution in [3.63, 3.8) is 0 Å². The Labute approximate surface area is 83.6 Å². The molecule has 2 nitrogen and oxygen atoms in total. The highest BCUT2D eigenvalue weighted by Gasteiger charge is 2.16. The predicted octanol–water partition coefficient (Wildman–Crippen LogP) is 1.76. The van der Waals surface area contributed by atoms with Gasteiger partial charge in [0.25, 0.3) is 0 Å². The fourth-order valence-corrected chi connectivity index (χ4v) is 1.41. The molecule has 0 saturated carbocycles. The zero-order chi connectivity index (χ0) is 10.7. The average molecular weight is 197 g/mol. The van der Waals surface area contributed by atoms with Crippen LogP contribution in [-0.4, -0.2) is 11.7 Å². The normalized spacial score (nSPS) is 15.2. The van der Waals surface area contributed by atoms with Crippen LogP contribution in [0.2, 0.25) is 0 Å². The van der Waals surface area contributed by atoms with Gasteiger partial charge in [-0.25, -0.2) is 4.39 Å². The average Bonchev–Trinajstić information content (AvgIpc) is 2.20. The van der Waals surface area contributed by atoms with Gasteiger partial charge in [0.15, 0.2) is 0 Å². The Hall–Kier alpha value is -0.930. The molecule has 0 radical (unpaired) electrons. The molecule has 1 rings (SSSR count). The molecule has 3 heteroatoms. The summed E-state index contributed by atoms with van der Waals surface area (Å²) in [5.41, 5.74) is 7.23. The van der Waals surface area contributed by atoms with E-state index in [1.165, 1.54) is 6.07 Å². The van der Waals surface area contributed by atoms with Gasteiger partial charge in [-0.2, -0.15) is 0 Å². The molecular formula is C11H16FNO. The first-order valence-corrected chi connectivity index (χ1v) is 4.69. The first kappa shape index (κ1) is 11.1. The van der Waals surface area contributed by atoms with Crippen LogP contribution < -0.4 is 5.73 Å². The van der Waals surface area contributed by atoms with E-state index in [2.05, 4.69) is 0 Å². The number of nitrogens with two attached hydrogens (primary N) is 1. The van der Waals surface area contributed by atoms with Crippen LogP contribution in [0.3, 0.4) is 0 Å². The standard InChI is InChI=1S/C11H16FNO/c1-7(6-14)11(13)9-4-3-5-10(12)8(9)2/h3-5,7,11,14H,6,13H2,1-2H3/t7-,11?/m0/s1. The van der Waals surface area contributed by atoms with Crippen LogP contribution in [0.5, 0.6) is 0 Å². The molecule has 3 N–H and O–H groups in total. The van der Waals surface area contributed by atoms with E-state index < -0.39 is 0 Å². The van der Waals surface area contributed by atoms with Gasteiger partial charge in [-0.15, -0.1) is 0 Å². The zero-order valence-electron chi connectivity index (χ0n) is 8.50. The molecular weight excluding hydrogens is 181 g/mol. The van der Waals surface area contributed by atoms with Gasteiger partial charge in [0.2, 0.25) is 0 Å². The summed E-state index contributed by atoms with van der Waals surface area (Å²) in [6, 6.07) is 4.54. The van der Waals surface area contributed by atoms with Crippen molar-refractivity contribution in [2.45, 2.75) is 19.9 Å². The van der Waals surface area contributed by atoms with Crippen LogP contribution in [-0.2, 0) is 0 Å². The fraction of sp³-hybridized carbons (Fsp3) is 0.455. The number of hydrogen-bond donors (Lipinski definition) is 2. The van der Waals surface area contributed by atoms with Crippen molar-refractivity contribution < 1.29 is 9.50 Å². The van der Waals surface area contributed by atoms with E-state index in [0.29, 0.717) is 5.56 Å². The lowest BCUT2D eigenvalue weighted by Gasteiger charge is -2.20. The van der Waals surface area contributed by atoms with Crippen LogP contribution in [0.4, 0.5) is 4.39 Å². The van der Waals surface area contributed by atoms with Crippen molar-refractivity contribution in [3.05, 3.63) is 35.1 Å². The number of hydrogen-bond acceptors (Lipinski definition) is 2. The summed E-state index contributed by atoms with van der Waals surface area (Å²) in [4.78, 5) is 0. The van der Waals surface area contributed by atoms with Gasteiger partial charge in [-0.1, -0.05) is 19.1 Å². The molecule has 1 aromatic carbocycles. The van der Waals surface area contributed by atoms with Crippen molar-refractivity contribution in [1.82, 2.24) is 0 Å². The summed E-state index contributed by atoms with van der Waals surface area (Å²) in [5, 5.41) is 8.95. The molecule has 0 aliphatic carbocycles. The fourth-order valence-electron chi connectivity index (χ4n) is 1.41. The van der Waals surface area contributed by atoms with E-state index in [1.807, 2.05) is 6.92 Å². The highest BCUT2D eigenvalue weighted by molar-refractivity contribution is 5.30. The first-order chi connectivity index (χ1) is 6.57. The molecule has 2 atom stereocenters. The third-order valence-corrected chi connectivity index (χ3v) is 2.57. The SMILES string of the molecule is Cc1c(F)cccc1C(N)[C@@H](C)CO. The summed E-state index contributed by atoms with van der Waals surface area (Å²) in [6.07, 6.45) is 0. The molecule has 78 valence electrons. The third-order valence-electron chi connectivity index (χ3n) is 2.57. The van der Waals surface area contributed by atoms with Crippen LogP contribution >= 0.6 is 0 Å². The zero-order valence-corrected chi connectivity index (χ0v) is 8.50. The van der Waals surface area contributed by atoms with E-state index in [-0.39, 0.29) is 24.4 Å². The minimum atomic E-state index is -0.310. The molecule has 0 aliphatic heterocycles. The van der Waals surface area contributed by atoms with Gasteiger partial charge in [-0.05, 0) is 30.0 Å². The summed E-state index contributed by atoms with van der Waals surface area (Å²) in [5.74, 6) is -0.307.